The van der Waals surface area contributed by atoms with Gasteiger partial charge in [-0.25, -0.2) is 4.39 Å². The van der Waals surface area contributed by atoms with E-state index in [4.69, 9.17) is 0 Å². The number of hydrogen-bond donors (Lipinski definition) is 1. The summed E-state index contributed by atoms with van der Waals surface area (Å²) in [5, 5.41) is 10.3. The molecular formula is C14H11Br2FO. The van der Waals surface area contributed by atoms with Gasteiger partial charge in [0.15, 0.2) is 0 Å². The molecule has 0 aliphatic carbocycles. The highest BCUT2D eigenvalue weighted by atomic mass is 79.9. The first kappa shape index (κ1) is 13.7. The van der Waals surface area contributed by atoms with Crippen LogP contribution in [0.3, 0.4) is 0 Å². The molecule has 0 aliphatic rings. The minimum absolute atomic E-state index is 0.335. The molecule has 0 radical (unpaired) electrons. The van der Waals surface area contributed by atoms with Crippen LogP contribution >= 0.6 is 31.9 Å². The van der Waals surface area contributed by atoms with Crippen molar-refractivity contribution in [3.05, 3.63) is 67.9 Å². The molecule has 2 rings (SSSR count). The van der Waals surface area contributed by atoms with Crippen LogP contribution in [0.1, 0.15) is 22.8 Å². The number of benzene rings is 2. The minimum Gasteiger partial charge on any atom is -0.384 e. The highest BCUT2D eigenvalue weighted by Crippen LogP contribution is 2.28. The van der Waals surface area contributed by atoms with Gasteiger partial charge in [0, 0.05) is 4.47 Å². The molecule has 18 heavy (non-hydrogen) atoms. The van der Waals surface area contributed by atoms with Crippen molar-refractivity contribution in [2.45, 2.75) is 13.0 Å². The highest BCUT2D eigenvalue weighted by molar-refractivity contribution is 9.10. The van der Waals surface area contributed by atoms with Gasteiger partial charge in [-0.15, -0.1) is 0 Å². The Morgan fingerprint density at radius 1 is 1.00 bits per heavy atom. The summed E-state index contributed by atoms with van der Waals surface area (Å²) in [6, 6.07) is 10.2. The lowest BCUT2D eigenvalue weighted by Crippen LogP contribution is -2.00. The fourth-order valence-corrected chi connectivity index (χ4v) is 2.36. The van der Waals surface area contributed by atoms with Gasteiger partial charge in [-0.05, 0) is 57.7 Å². The monoisotopic (exact) mass is 372 g/mol. The fourth-order valence-electron chi connectivity index (χ4n) is 1.71. The zero-order valence-electron chi connectivity index (χ0n) is 9.62. The Labute approximate surface area is 122 Å². The van der Waals surface area contributed by atoms with Gasteiger partial charge in [-0.2, -0.15) is 0 Å². The Morgan fingerprint density at radius 3 is 2.22 bits per heavy atom. The Hall–Kier alpha value is -0.710. The van der Waals surface area contributed by atoms with E-state index in [1.165, 1.54) is 6.07 Å². The molecule has 0 saturated carbocycles. The summed E-state index contributed by atoms with van der Waals surface area (Å²) in [4.78, 5) is 0. The zero-order valence-corrected chi connectivity index (χ0v) is 12.8. The molecule has 94 valence electrons. The van der Waals surface area contributed by atoms with Crippen molar-refractivity contribution in [1.82, 2.24) is 0 Å². The molecule has 0 aromatic heterocycles. The Morgan fingerprint density at radius 2 is 1.61 bits per heavy atom. The lowest BCUT2D eigenvalue weighted by atomic mass is 10.00. The van der Waals surface area contributed by atoms with Crippen LogP contribution in [0.4, 0.5) is 4.39 Å². The molecule has 0 fully saturated rings. The van der Waals surface area contributed by atoms with Crippen molar-refractivity contribution in [2.75, 3.05) is 0 Å². The number of aryl methyl sites for hydroxylation is 1. The van der Waals surface area contributed by atoms with Crippen LogP contribution in [0.2, 0.25) is 0 Å². The molecule has 1 atom stereocenters. The van der Waals surface area contributed by atoms with Crippen LogP contribution in [0.25, 0.3) is 0 Å². The second-order valence-electron chi connectivity index (χ2n) is 4.08. The maximum absolute atomic E-state index is 13.1. The first-order chi connectivity index (χ1) is 8.49. The standard InChI is InChI=1S/C14H11Br2FO/c1-8-6-9(2-4-11(8)15)14(18)10-3-5-13(17)12(16)7-10/h2-7,14,18H,1H3. The van der Waals surface area contributed by atoms with E-state index in [2.05, 4.69) is 31.9 Å². The van der Waals surface area contributed by atoms with E-state index >= 15 is 0 Å². The van der Waals surface area contributed by atoms with Crippen LogP contribution in [0, 0.1) is 12.7 Å². The average molecular weight is 374 g/mol. The number of hydrogen-bond acceptors (Lipinski definition) is 1. The summed E-state index contributed by atoms with van der Waals surface area (Å²) in [6.07, 6.45) is -0.756. The highest BCUT2D eigenvalue weighted by Gasteiger charge is 2.13. The molecular weight excluding hydrogens is 363 g/mol. The van der Waals surface area contributed by atoms with Gasteiger partial charge >= 0.3 is 0 Å². The summed E-state index contributed by atoms with van der Waals surface area (Å²) < 4.78 is 14.5. The number of aliphatic hydroxyl groups is 1. The van der Waals surface area contributed by atoms with Crippen molar-refractivity contribution in [2.24, 2.45) is 0 Å². The summed E-state index contributed by atoms with van der Waals surface area (Å²) in [7, 11) is 0. The average Bonchev–Trinajstić information content (AvgIpc) is 2.35. The topological polar surface area (TPSA) is 20.2 Å². The SMILES string of the molecule is Cc1cc(C(O)c2ccc(F)c(Br)c2)ccc1Br. The molecule has 1 unspecified atom stereocenters. The van der Waals surface area contributed by atoms with Gasteiger partial charge in [0.2, 0.25) is 0 Å². The molecule has 2 aromatic rings. The second kappa shape index (κ2) is 5.51. The second-order valence-corrected chi connectivity index (χ2v) is 5.79. The van der Waals surface area contributed by atoms with E-state index in [0.717, 1.165) is 15.6 Å². The molecule has 0 aliphatic heterocycles. The first-order valence-electron chi connectivity index (χ1n) is 5.38. The molecule has 0 saturated heterocycles. The molecule has 0 heterocycles. The van der Waals surface area contributed by atoms with Crippen LogP contribution in [0.15, 0.2) is 45.3 Å². The first-order valence-corrected chi connectivity index (χ1v) is 6.96. The normalized spacial score (nSPS) is 12.5. The van der Waals surface area contributed by atoms with Crippen molar-refractivity contribution in [1.29, 1.82) is 0 Å². The van der Waals surface area contributed by atoms with E-state index in [1.807, 2.05) is 25.1 Å². The van der Waals surface area contributed by atoms with E-state index in [1.54, 1.807) is 12.1 Å². The summed E-state index contributed by atoms with van der Waals surface area (Å²) in [5.74, 6) is -0.335. The van der Waals surface area contributed by atoms with E-state index in [9.17, 15) is 9.50 Å². The Balaban J connectivity index is 2.37. The van der Waals surface area contributed by atoms with Gasteiger partial charge in [0.05, 0.1) is 4.47 Å². The summed E-state index contributed by atoms with van der Waals surface area (Å²) in [6.45, 7) is 1.96. The minimum atomic E-state index is -0.756. The van der Waals surface area contributed by atoms with Crippen molar-refractivity contribution < 1.29 is 9.50 Å². The maximum Gasteiger partial charge on any atom is 0.137 e. The van der Waals surface area contributed by atoms with Crippen LogP contribution in [-0.2, 0) is 0 Å². The third-order valence-electron chi connectivity index (χ3n) is 2.76. The lowest BCUT2D eigenvalue weighted by Gasteiger charge is -2.13. The summed E-state index contributed by atoms with van der Waals surface area (Å²) in [5.41, 5.74) is 2.49. The van der Waals surface area contributed by atoms with E-state index in [0.29, 0.717) is 10.0 Å². The molecule has 0 spiro atoms. The number of halogens is 3. The van der Waals surface area contributed by atoms with Crippen molar-refractivity contribution >= 4 is 31.9 Å². The zero-order chi connectivity index (χ0) is 13.3. The molecule has 4 heteroatoms. The van der Waals surface area contributed by atoms with Crippen molar-refractivity contribution in [3.8, 4) is 0 Å². The largest absolute Gasteiger partial charge is 0.384 e. The third kappa shape index (κ3) is 2.82. The number of rotatable bonds is 2. The Bertz CT molecular complexity index is 533. The molecule has 1 N–H and O–H groups in total. The van der Waals surface area contributed by atoms with Gasteiger partial charge in [0.25, 0.3) is 0 Å². The van der Waals surface area contributed by atoms with E-state index in [-0.39, 0.29) is 5.82 Å². The van der Waals surface area contributed by atoms with Crippen LogP contribution in [0.5, 0.6) is 0 Å². The van der Waals surface area contributed by atoms with Crippen LogP contribution < -0.4 is 0 Å². The number of aliphatic hydroxyl groups excluding tert-OH is 1. The maximum atomic E-state index is 13.1. The summed E-state index contributed by atoms with van der Waals surface area (Å²) >= 11 is 6.54. The lowest BCUT2D eigenvalue weighted by molar-refractivity contribution is 0.220. The fraction of sp³-hybridized carbons (Fsp3) is 0.143. The van der Waals surface area contributed by atoms with Gasteiger partial charge in [0.1, 0.15) is 11.9 Å². The smallest absolute Gasteiger partial charge is 0.137 e. The third-order valence-corrected chi connectivity index (χ3v) is 4.25. The quantitative estimate of drug-likeness (QED) is 0.805. The predicted molar refractivity (Wildman–Crippen MR) is 77.0 cm³/mol. The van der Waals surface area contributed by atoms with Gasteiger partial charge < -0.3 is 5.11 Å². The molecule has 1 nitrogen and oxygen atoms in total. The predicted octanol–water partition coefficient (Wildman–Crippen LogP) is 4.74. The molecule has 0 amide bonds. The van der Waals surface area contributed by atoms with Gasteiger partial charge in [-0.1, -0.05) is 34.1 Å². The molecule has 0 bridgehead atoms. The molecule has 2 aromatic carbocycles. The van der Waals surface area contributed by atoms with E-state index < -0.39 is 6.10 Å². The Kier molecular flexibility index (Phi) is 4.20. The van der Waals surface area contributed by atoms with Crippen molar-refractivity contribution in [3.63, 3.8) is 0 Å². The van der Waals surface area contributed by atoms with Gasteiger partial charge in [-0.3, -0.25) is 0 Å². The van der Waals surface area contributed by atoms with Crippen LogP contribution in [-0.4, -0.2) is 5.11 Å².